The molecule has 4 heterocycles. The van der Waals surface area contributed by atoms with Crippen LogP contribution < -0.4 is 5.32 Å². The quantitative estimate of drug-likeness (QED) is 0.728. The van der Waals surface area contributed by atoms with Gasteiger partial charge in [0.1, 0.15) is 16.6 Å². The molecule has 0 bridgehead atoms. The second-order valence-electron chi connectivity index (χ2n) is 6.21. The van der Waals surface area contributed by atoms with E-state index in [0.717, 1.165) is 47.0 Å². The van der Waals surface area contributed by atoms with E-state index in [0.29, 0.717) is 0 Å². The van der Waals surface area contributed by atoms with E-state index in [1.165, 1.54) is 11.3 Å². The van der Waals surface area contributed by atoms with Gasteiger partial charge in [0.25, 0.3) is 0 Å². The molecule has 1 atom stereocenters. The number of hydrogen-bond donors (Lipinski definition) is 1. The number of rotatable bonds is 5. The minimum absolute atomic E-state index is 0.252. The fourth-order valence-electron chi connectivity index (χ4n) is 3.14. The zero-order chi connectivity index (χ0) is 17.2. The van der Waals surface area contributed by atoms with Crippen molar-refractivity contribution in [2.24, 2.45) is 0 Å². The Hall–Kier alpha value is -1.90. The number of nitrogens with one attached hydrogen (secondary N) is 1. The highest BCUT2D eigenvalue weighted by Crippen LogP contribution is 2.32. The number of nitrogens with zero attached hydrogens (tertiary/aromatic N) is 5. The maximum absolute atomic E-state index is 4.79. The number of hydrogen-bond acceptors (Lipinski definition) is 8. The normalized spacial score (nSPS) is 17.9. The second kappa shape index (κ2) is 7.15. The summed E-state index contributed by atoms with van der Waals surface area (Å²) >= 11 is 3.33. The minimum Gasteiger partial charge on any atom is -0.316 e. The molecule has 1 unspecified atom stereocenters. The summed E-state index contributed by atoms with van der Waals surface area (Å²) in [6.07, 6.45) is 5.99. The zero-order valence-electron chi connectivity index (χ0n) is 14.3. The van der Waals surface area contributed by atoms with E-state index in [4.69, 9.17) is 9.97 Å². The van der Waals surface area contributed by atoms with E-state index in [-0.39, 0.29) is 6.04 Å². The van der Waals surface area contributed by atoms with Crippen molar-refractivity contribution in [3.05, 3.63) is 45.2 Å². The number of anilines is 2. The van der Waals surface area contributed by atoms with Crippen LogP contribution in [0, 0.1) is 13.8 Å². The van der Waals surface area contributed by atoms with Crippen molar-refractivity contribution in [3.63, 3.8) is 0 Å². The Kier molecular flexibility index (Phi) is 4.74. The first-order valence-electron chi connectivity index (χ1n) is 8.35. The molecule has 6 nitrogen and oxygen atoms in total. The first kappa shape index (κ1) is 16.6. The van der Waals surface area contributed by atoms with E-state index in [2.05, 4.69) is 27.1 Å². The lowest BCUT2D eigenvalue weighted by atomic mass is 10.2. The summed E-state index contributed by atoms with van der Waals surface area (Å²) in [5.41, 5.74) is 0.974. The Morgan fingerprint density at radius 3 is 2.96 bits per heavy atom. The molecule has 0 aliphatic carbocycles. The molecular formula is C17H20N6S2. The van der Waals surface area contributed by atoms with Crippen molar-refractivity contribution >= 4 is 33.6 Å². The standard InChI is InChI=1S/C17H20N6S2/c1-11-8-14(22-17-19-9-12(2)25-17)21-16(20-11)13-4-3-6-23(13)10-15-18-5-7-24-15/h5,7-9,13H,3-4,6,10H2,1-2H3,(H,19,20,21,22). The molecule has 25 heavy (non-hydrogen) atoms. The molecule has 1 aliphatic heterocycles. The van der Waals surface area contributed by atoms with Gasteiger partial charge in [0.05, 0.1) is 12.6 Å². The summed E-state index contributed by atoms with van der Waals surface area (Å²) in [4.78, 5) is 21.9. The fourth-order valence-corrected chi connectivity index (χ4v) is 4.45. The van der Waals surface area contributed by atoms with Crippen LogP contribution in [0.1, 0.15) is 40.3 Å². The molecule has 130 valence electrons. The van der Waals surface area contributed by atoms with Crippen LogP contribution in [-0.2, 0) is 6.54 Å². The van der Waals surface area contributed by atoms with Crippen molar-refractivity contribution in [2.75, 3.05) is 11.9 Å². The van der Waals surface area contributed by atoms with Crippen molar-refractivity contribution in [1.82, 2.24) is 24.8 Å². The first-order chi connectivity index (χ1) is 12.2. The van der Waals surface area contributed by atoms with Gasteiger partial charge in [0, 0.05) is 34.4 Å². The number of aryl methyl sites for hydroxylation is 2. The van der Waals surface area contributed by atoms with Crippen LogP contribution in [-0.4, -0.2) is 31.4 Å². The van der Waals surface area contributed by atoms with Crippen LogP contribution in [0.5, 0.6) is 0 Å². The van der Waals surface area contributed by atoms with Crippen LogP contribution in [0.4, 0.5) is 10.9 Å². The Balaban J connectivity index is 1.56. The van der Waals surface area contributed by atoms with Crippen molar-refractivity contribution < 1.29 is 0 Å². The van der Waals surface area contributed by atoms with Gasteiger partial charge in [-0.1, -0.05) is 0 Å². The van der Waals surface area contributed by atoms with E-state index in [1.807, 2.05) is 30.8 Å². The van der Waals surface area contributed by atoms with Crippen LogP contribution in [0.15, 0.2) is 23.8 Å². The summed E-state index contributed by atoms with van der Waals surface area (Å²) in [6, 6.07) is 2.22. The van der Waals surface area contributed by atoms with E-state index in [9.17, 15) is 0 Å². The van der Waals surface area contributed by atoms with E-state index >= 15 is 0 Å². The molecule has 0 spiro atoms. The third kappa shape index (κ3) is 3.86. The van der Waals surface area contributed by atoms with Gasteiger partial charge < -0.3 is 5.32 Å². The third-order valence-corrected chi connectivity index (χ3v) is 5.80. The summed E-state index contributed by atoms with van der Waals surface area (Å²) < 4.78 is 0. The topological polar surface area (TPSA) is 66.8 Å². The Labute approximate surface area is 155 Å². The summed E-state index contributed by atoms with van der Waals surface area (Å²) in [7, 11) is 0. The van der Waals surface area contributed by atoms with Gasteiger partial charge in [-0.05, 0) is 33.2 Å². The fraction of sp³-hybridized carbons (Fsp3) is 0.412. The molecule has 0 radical (unpaired) electrons. The third-order valence-electron chi connectivity index (χ3n) is 4.21. The maximum Gasteiger partial charge on any atom is 0.188 e. The molecule has 0 saturated carbocycles. The first-order valence-corrected chi connectivity index (χ1v) is 10.0. The molecule has 3 aromatic rings. The molecule has 0 amide bonds. The van der Waals surface area contributed by atoms with Gasteiger partial charge in [0.15, 0.2) is 5.13 Å². The highest BCUT2D eigenvalue weighted by atomic mass is 32.1. The van der Waals surface area contributed by atoms with Crippen LogP contribution in [0.2, 0.25) is 0 Å². The van der Waals surface area contributed by atoms with Gasteiger partial charge >= 0.3 is 0 Å². The van der Waals surface area contributed by atoms with Gasteiger partial charge in [0.2, 0.25) is 0 Å². The molecule has 8 heteroatoms. The van der Waals surface area contributed by atoms with Gasteiger partial charge in [-0.3, -0.25) is 4.90 Å². The molecule has 3 aromatic heterocycles. The zero-order valence-corrected chi connectivity index (χ0v) is 15.9. The van der Waals surface area contributed by atoms with Crippen LogP contribution >= 0.6 is 22.7 Å². The number of aromatic nitrogens is 4. The SMILES string of the molecule is Cc1cc(Nc2ncc(C)s2)nc(C2CCCN2Cc2nccs2)n1. The Morgan fingerprint density at radius 2 is 2.20 bits per heavy atom. The van der Waals surface area contributed by atoms with E-state index in [1.54, 1.807) is 22.7 Å². The average molecular weight is 373 g/mol. The number of thiazole rings is 2. The highest BCUT2D eigenvalue weighted by molar-refractivity contribution is 7.15. The average Bonchev–Trinajstić information content (AvgIpc) is 3.30. The predicted octanol–water partition coefficient (Wildman–Crippen LogP) is 4.09. The van der Waals surface area contributed by atoms with Crippen LogP contribution in [0.3, 0.4) is 0 Å². The largest absolute Gasteiger partial charge is 0.316 e. The van der Waals surface area contributed by atoms with Gasteiger partial charge in [-0.2, -0.15) is 0 Å². The monoisotopic (exact) mass is 372 g/mol. The smallest absolute Gasteiger partial charge is 0.188 e. The molecule has 0 aromatic carbocycles. The molecule has 4 rings (SSSR count). The van der Waals surface area contributed by atoms with E-state index < -0.39 is 0 Å². The second-order valence-corrected chi connectivity index (χ2v) is 8.42. The lowest BCUT2D eigenvalue weighted by molar-refractivity contribution is 0.239. The molecule has 1 fully saturated rings. The molecule has 1 aliphatic rings. The van der Waals surface area contributed by atoms with Crippen LogP contribution in [0.25, 0.3) is 0 Å². The van der Waals surface area contributed by atoms with Crippen molar-refractivity contribution in [2.45, 2.75) is 39.3 Å². The highest BCUT2D eigenvalue weighted by Gasteiger charge is 2.29. The lowest BCUT2D eigenvalue weighted by Crippen LogP contribution is -2.24. The van der Waals surface area contributed by atoms with Crippen molar-refractivity contribution in [3.8, 4) is 0 Å². The summed E-state index contributed by atoms with van der Waals surface area (Å²) in [6.45, 7) is 6.00. The minimum atomic E-state index is 0.252. The Morgan fingerprint density at radius 1 is 1.28 bits per heavy atom. The van der Waals surface area contributed by atoms with Gasteiger partial charge in [-0.25, -0.2) is 19.9 Å². The maximum atomic E-state index is 4.79. The molecule has 1 N–H and O–H groups in total. The Bertz CT molecular complexity index is 845. The summed E-state index contributed by atoms with van der Waals surface area (Å²) in [5.74, 6) is 1.71. The van der Waals surface area contributed by atoms with Crippen molar-refractivity contribution in [1.29, 1.82) is 0 Å². The van der Waals surface area contributed by atoms with Gasteiger partial charge in [-0.15, -0.1) is 22.7 Å². The lowest BCUT2D eigenvalue weighted by Gasteiger charge is -2.22. The molecule has 1 saturated heterocycles. The predicted molar refractivity (Wildman–Crippen MR) is 101 cm³/mol. The number of likely N-dealkylation sites (tertiary alicyclic amines) is 1. The molecular weight excluding hydrogens is 352 g/mol. The summed E-state index contributed by atoms with van der Waals surface area (Å²) in [5, 5.41) is 7.36.